The van der Waals surface area contributed by atoms with Gasteiger partial charge in [0.15, 0.2) is 0 Å². The number of aryl methyl sites for hydroxylation is 1. The molecule has 0 radical (unpaired) electrons. The predicted molar refractivity (Wildman–Crippen MR) is 118 cm³/mol. The maximum Gasteiger partial charge on any atom is 0.129 e. The van der Waals surface area contributed by atoms with E-state index in [4.69, 9.17) is 16.3 Å². The second kappa shape index (κ2) is 9.74. The van der Waals surface area contributed by atoms with Crippen molar-refractivity contribution in [1.82, 2.24) is 15.3 Å². The van der Waals surface area contributed by atoms with Crippen LogP contribution >= 0.6 is 11.6 Å². The van der Waals surface area contributed by atoms with Crippen LogP contribution < -0.4 is 10.1 Å². The number of benzene rings is 3. The van der Waals surface area contributed by atoms with Crippen molar-refractivity contribution < 1.29 is 9.13 Å². The van der Waals surface area contributed by atoms with Crippen LogP contribution in [0.2, 0.25) is 5.02 Å². The minimum Gasteiger partial charge on any atom is -0.488 e. The molecule has 2 N–H and O–H groups in total. The fourth-order valence-electron chi connectivity index (χ4n) is 3.33. The van der Waals surface area contributed by atoms with Gasteiger partial charge in [0.1, 0.15) is 24.0 Å². The molecule has 0 fully saturated rings. The monoisotopic (exact) mass is 423 g/mol. The summed E-state index contributed by atoms with van der Waals surface area (Å²) in [5.41, 5.74) is 3.53. The average Bonchev–Trinajstić information content (AvgIpc) is 3.17. The smallest absolute Gasteiger partial charge is 0.129 e. The zero-order chi connectivity index (χ0) is 20.8. The summed E-state index contributed by atoms with van der Waals surface area (Å²) in [5, 5.41) is 4.07. The van der Waals surface area contributed by atoms with E-state index in [1.807, 2.05) is 36.4 Å². The molecular weight excluding hydrogens is 401 g/mol. The van der Waals surface area contributed by atoms with Gasteiger partial charge in [-0.2, -0.15) is 0 Å². The van der Waals surface area contributed by atoms with Crippen LogP contribution in [0.15, 0.2) is 66.7 Å². The number of nitrogens with zero attached hydrogens (tertiary/aromatic N) is 1. The van der Waals surface area contributed by atoms with Crippen LogP contribution in [0.25, 0.3) is 11.0 Å². The van der Waals surface area contributed by atoms with Crippen LogP contribution in [0.5, 0.6) is 5.75 Å². The van der Waals surface area contributed by atoms with Crippen molar-refractivity contribution in [3.63, 3.8) is 0 Å². The van der Waals surface area contributed by atoms with E-state index in [0.717, 1.165) is 41.8 Å². The number of nitrogens with one attached hydrogen (secondary N) is 2. The summed E-state index contributed by atoms with van der Waals surface area (Å²) in [7, 11) is 0. The van der Waals surface area contributed by atoms with E-state index in [2.05, 4.69) is 15.3 Å². The average molecular weight is 424 g/mol. The van der Waals surface area contributed by atoms with Crippen molar-refractivity contribution in [1.29, 1.82) is 0 Å². The molecule has 0 aliphatic carbocycles. The fraction of sp³-hybridized carbons (Fsp3) is 0.208. The predicted octanol–water partition coefficient (Wildman–Crippen LogP) is 5.66. The topological polar surface area (TPSA) is 49.9 Å². The first-order valence-electron chi connectivity index (χ1n) is 9.98. The Hall–Kier alpha value is -2.89. The molecule has 0 bridgehead atoms. The van der Waals surface area contributed by atoms with Crippen molar-refractivity contribution in [3.05, 3.63) is 94.5 Å². The third-order valence-corrected chi connectivity index (χ3v) is 5.12. The molecule has 1 heterocycles. The molecule has 30 heavy (non-hydrogen) atoms. The number of rotatable bonds is 9. The van der Waals surface area contributed by atoms with Gasteiger partial charge in [-0.25, -0.2) is 9.37 Å². The largest absolute Gasteiger partial charge is 0.488 e. The quantitative estimate of drug-likeness (QED) is 0.342. The van der Waals surface area contributed by atoms with Gasteiger partial charge >= 0.3 is 0 Å². The van der Waals surface area contributed by atoms with Crippen molar-refractivity contribution in [2.24, 2.45) is 0 Å². The number of hydrogen-bond donors (Lipinski definition) is 2. The van der Waals surface area contributed by atoms with E-state index in [1.54, 1.807) is 24.3 Å². The van der Waals surface area contributed by atoms with Crippen molar-refractivity contribution in [2.75, 3.05) is 6.54 Å². The Labute approximate surface area is 180 Å². The molecule has 4 rings (SSSR count). The van der Waals surface area contributed by atoms with Gasteiger partial charge in [0.25, 0.3) is 0 Å². The Balaban J connectivity index is 1.29. The highest BCUT2D eigenvalue weighted by molar-refractivity contribution is 6.30. The maximum atomic E-state index is 13.8. The minimum atomic E-state index is -0.267. The Bertz CT molecular complexity index is 1100. The molecule has 0 aliphatic rings. The molecule has 0 saturated carbocycles. The van der Waals surface area contributed by atoms with E-state index in [-0.39, 0.29) is 12.4 Å². The number of aromatic amines is 1. The summed E-state index contributed by atoms with van der Waals surface area (Å²) in [4.78, 5) is 7.95. The second-order valence-electron chi connectivity index (χ2n) is 7.11. The summed E-state index contributed by atoms with van der Waals surface area (Å²) >= 11 is 6.16. The lowest BCUT2D eigenvalue weighted by molar-refractivity contribution is 0.296. The van der Waals surface area contributed by atoms with Gasteiger partial charge in [0, 0.05) is 29.1 Å². The highest BCUT2D eigenvalue weighted by Gasteiger charge is 2.08. The molecule has 0 amide bonds. The number of ether oxygens (including phenoxy) is 1. The van der Waals surface area contributed by atoms with Crippen LogP contribution in [-0.4, -0.2) is 16.5 Å². The van der Waals surface area contributed by atoms with E-state index in [1.165, 1.54) is 6.07 Å². The van der Waals surface area contributed by atoms with Gasteiger partial charge in [-0.15, -0.1) is 0 Å². The third kappa shape index (κ3) is 5.17. The first kappa shape index (κ1) is 20.4. The van der Waals surface area contributed by atoms with Crippen LogP contribution in [0.1, 0.15) is 23.4 Å². The number of halogens is 2. The lowest BCUT2D eigenvalue weighted by Crippen LogP contribution is -2.16. The Kier molecular flexibility index (Phi) is 6.62. The van der Waals surface area contributed by atoms with Gasteiger partial charge in [-0.1, -0.05) is 41.9 Å². The van der Waals surface area contributed by atoms with Crippen LogP contribution in [0.3, 0.4) is 0 Å². The van der Waals surface area contributed by atoms with Crippen molar-refractivity contribution in [2.45, 2.75) is 26.0 Å². The lowest BCUT2D eigenvalue weighted by Gasteiger charge is -2.13. The number of H-pyrrole nitrogens is 1. The molecular formula is C24H23ClFN3O. The summed E-state index contributed by atoms with van der Waals surface area (Å²) in [6.07, 6.45) is 1.82. The number of para-hydroxylation sites is 2. The normalized spacial score (nSPS) is 11.1. The van der Waals surface area contributed by atoms with Gasteiger partial charge < -0.3 is 15.0 Å². The van der Waals surface area contributed by atoms with E-state index in [9.17, 15) is 4.39 Å². The molecule has 6 heteroatoms. The number of hydrogen-bond acceptors (Lipinski definition) is 3. The van der Waals surface area contributed by atoms with Gasteiger partial charge in [0.05, 0.1) is 11.0 Å². The molecule has 4 nitrogen and oxygen atoms in total. The van der Waals surface area contributed by atoms with Crippen LogP contribution in [0, 0.1) is 5.82 Å². The molecule has 154 valence electrons. The Morgan fingerprint density at radius 1 is 1.00 bits per heavy atom. The van der Waals surface area contributed by atoms with Crippen LogP contribution in [0.4, 0.5) is 4.39 Å². The summed E-state index contributed by atoms with van der Waals surface area (Å²) in [6, 6.07) is 20.2. The number of fused-ring (bicyclic) bond motifs is 1. The van der Waals surface area contributed by atoms with Gasteiger partial charge in [-0.3, -0.25) is 0 Å². The highest BCUT2D eigenvalue weighted by Crippen LogP contribution is 2.24. The van der Waals surface area contributed by atoms with Crippen molar-refractivity contribution >= 4 is 22.6 Å². The molecule has 3 aromatic carbocycles. The Morgan fingerprint density at radius 3 is 2.70 bits per heavy atom. The van der Waals surface area contributed by atoms with E-state index < -0.39 is 0 Å². The third-order valence-electron chi connectivity index (χ3n) is 4.88. The summed E-state index contributed by atoms with van der Waals surface area (Å²) in [6.45, 7) is 1.62. The zero-order valence-electron chi connectivity index (χ0n) is 16.5. The highest BCUT2D eigenvalue weighted by atomic mass is 35.5. The second-order valence-corrected chi connectivity index (χ2v) is 7.55. The molecule has 0 spiro atoms. The van der Waals surface area contributed by atoms with E-state index >= 15 is 0 Å². The minimum absolute atomic E-state index is 0.174. The number of imidazole rings is 1. The zero-order valence-corrected chi connectivity index (χ0v) is 17.3. The summed E-state index contributed by atoms with van der Waals surface area (Å²) in [5.74, 6) is 1.43. The molecule has 0 aliphatic heterocycles. The molecule has 0 unspecified atom stereocenters. The number of aromatic nitrogens is 2. The van der Waals surface area contributed by atoms with Crippen molar-refractivity contribution in [3.8, 4) is 5.75 Å². The maximum absolute atomic E-state index is 13.8. The molecule has 0 atom stereocenters. The Morgan fingerprint density at radius 2 is 1.83 bits per heavy atom. The van der Waals surface area contributed by atoms with Gasteiger partial charge in [-0.05, 0) is 49.4 Å². The lowest BCUT2D eigenvalue weighted by atomic mass is 10.2. The first-order chi connectivity index (χ1) is 14.7. The SMILES string of the molecule is Fc1ccccc1COc1ccc(Cl)cc1CNCCCc1nc2ccccc2[nH]1. The first-order valence-corrected chi connectivity index (χ1v) is 10.4. The van der Waals surface area contributed by atoms with Crippen LogP contribution in [-0.2, 0) is 19.6 Å². The summed E-state index contributed by atoms with van der Waals surface area (Å²) < 4.78 is 19.7. The fourth-order valence-corrected chi connectivity index (χ4v) is 3.52. The van der Waals surface area contributed by atoms with Gasteiger partial charge in [0.2, 0.25) is 0 Å². The van der Waals surface area contributed by atoms with E-state index in [0.29, 0.717) is 22.9 Å². The molecule has 1 aromatic heterocycles. The molecule has 4 aromatic rings. The molecule has 0 saturated heterocycles. The standard InChI is InChI=1S/C24H23ClFN3O/c25-19-11-12-23(30-16-17-6-1-2-7-20(17)26)18(14-19)15-27-13-5-10-24-28-21-8-3-4-9-22(21)29-24/h1-4,6-9,11-12,14,27H,5,10,13,15-16H2,(H,28,29).